The lowest BCUT2D eigenvalue weighted by Gasteiger charge is -2.57. The third-order valence-corrected chi connectivity index (χ3v) is 14.8. The van der Waals surface area contributed by atoms with E-state index < -0.39 is 7.92 Å². The topological polar surface area (TPSA) is 47.6 Å². The first-order valence-electron chi connectivity index (χ1n) is 8.50. The van der Waals surface area contributed by atoms with Crippen molar-refractivity contribution in [3.8, 4) is 12.1 Å². The molecule has 0 spiro atoms. The van der Waals surface area contributed by atoms with Gasteiger partial charge in [0.15, 0.2) is 0 Å². The van der Waals surface area contributed by atoms with Gasteiger partial charge in [-0.2, -0.15) is 10.5 Å². The molecule has 0 aliphatic carbocycles. The molecule has 0 N–H and O–H groups in total. The van der Waals surface area contributed by atoms with Crippen molar-refractivity contribution in [1.82, 2.24) is 0 Å². The van der Waals surface area contributed by atoms with Gasteiger partial charge in [0.05, 0.1) is 28.6 Å². The lowest BCUT2D eigenvalue weighted by molar-refractivity contribution is 0.315. The van der Waals surface area contributed by atoms with Crippen molar-refractivity contribution in [1.29, 1.82) is 10.5 Å². The zero-order valence-electron chi connectivity index (χ0n) is 16.4. The quantitative estimate of drug-likeness (QED) is 0.451. The van der Waals surface area contributed by atoms with Crippen molar-refractivity contribution in [2.45, 2.75) is 72.9 Å². The van der Waals surface area contributed by atoms with Gasteiger partial charge >= 0.3 is 0 Å². The lowest BCUT2D eigenvalue weighted by Crippen LogP contribution is -2.52. The van der Waals surface area contributed by atoms with Crippen LogP contribution in [-0.2, 0) is 0 Å². The summed E-state index contributed by atoms with van der Waals surface area (Å²) in [6, 6.07) is 5.17. The molecule has 3 aliphatic heterocycles. The minimum absolute atomic E-state index is 0.0273. The van der Waals surface area contributed by atoms with Gasteiger partial charge < -0.3 is 0 Å². The summed E-state index contributed by atoms with van der Waals surface area (Å²) in [6.07, 6.45) is 0. The molecule has 3 rings (SSSR count). The van der Waals surface area contributed by atoms with E-state index in [1.54, 1.807) is 0 Å². The van der Waals surface area contributed by atoms with Gasteiger partial charge in [-0.1, -0.05) is 78.7 Å². The first-order chi connectivity index (χ1) is 10.7. The number of hydrogen-bond donors (Lipinski definition) is 0. The van der Waals surface area contributed by atoms with E-state index in [0.29, 0.717) is 0 Å². The third-order valence-electron chi connectivity index (χ3n) is 4.75. The van der Waals surface area contributed by atoms with E-state index in [-0.39, 0.29) is 32.7 Å². The third kappa shape index (κ3) is 2.91. The van der Waals surface area contributed by atoms with Gasteiger partial charge in [-0.25, -0.2) is 0 Å². The predicted molar refractivity (Wildman–Crippen MR) is 110 cm³/mol. The van der Waals surface area contributed by atoms with Crippen LogP contribution in [0.2, 0.25) is 0 Å². The molecule has 0 saturated carbocycles. The monoisotopic (exact) mass is 378 g/mol. The van der Waals surface area contributed by atoms with E-state index >= 15 is 0 Å². The van der Waals surface area contributed by atoms with Gasteiger partial charge in [-0.05, 0) is 34.2 Å². The highest BCUT2D eigenvalue weighted by molar-refractivity contribution is 8.06. The maximum absolute atomic E-state index is 10.0. The zero-order chi connectivity index (χ0) is 18.7. The number of nitriles is 2. The second-order valence-electron chi connectivity index (χ2n) is 9.90. The highest BCUT2D eigenvalue weighted by atomic mass is 31.2. The summed E-state index contributed by atoms with van der Waals surface area (Å²) < 4.78 is 0. The molecule has 2 bridgehead atoms. The highest BCUT2D eigenvalue weighted by Gasteiger charge is 2.61. The normalized spacial score (nSPS) is 34.7. The zero-order valence-corrected chi connectivity index (χ0v) is 19.1. The molecule has 0 amide bonds. The molecule has 0 fully saturated rings. The van der Waals surface area contributed by atoms with E-state index in [1.165, 1.54) is 26.5 Å². The van der Waals surface area contributed by atoms with Crippen LogP contribution in [0.5, 0.6) is 0 Å². The van der Waals surface area contributed by atoms with Crippen LogP contribution in [-0.4, -0.2) is 20.6 Å². The molecule has 0 aromatic carbocycles. The molecule has 0 radical (unpaired) electrons. The summed E-state index contributed by atoms with van der Waals surface area (Å²) >= 11 is 0. The number of nitrogens with zero attached hydrogens (tertiary/aromatic N) is 2. The smallest absolute Gasteiger partial charge is 0.0920 e. The number of fused-ring (bicyclic) bond motifs is 1. The Morgan fingerprint density at radius 3 is 1.50 bits per heavy atom. The van der Waals surface area contributed by atoms with Gasteiger partial charge in [0.2, 0.25) is 0 Å². The summed E-state index contributed by atoms with van der Waals surface area (Å²) in [5.74, 6) is -0.172. The second kappa shape index (κ2) is 5.89. The Labute approximate surface area is 152 Å². The van der Waals surface area contributed by atoms with E-state index in [1.807, 2.05) is 0 Å². The van der Waals surface area contributed by atoms with E-state index in [2.05, 4.69) is 74.5 Å². The van der Waals surface area contributed by atoms with Gasteiger partial charge in [0.1, 0.15) is 0 Å². The van der Waals surface area contributed by atoms with Crippen molar-refractivity contribution in [2.24, 2.45) is 22.2 Å². The molecule has 0 unspecified atom stereocenters. The predicted octanol–water partition coefficient (Wildman–Crippen LogP) is 6.51. The molecule has 130 valence electrons. The Morgan fingerprint density at radius 1 is 0.833 bits per heavy atom. The molecular formula is C19H29N2P3. The first kappa shape index (κ1) is 20.1. The second-order valence-corrected chi connectivity index (χ2v) is 15.9. The Bertz CT molecular complexity index is 653. The van der Waals surface area contributed by atoms with Gasteiger partial charge in [0, 0.05) is 0 Å². The Balaban J connectivity index is 2.91. The van der Waals surface area contributed by atoms with Crippen molar-refractivity contribution in [3.05, 3.63) is 0 Å². The molecule has 0 saturated heterocycles. The average molecular weight is 378 g/mol. The van der Waals surface area contributed by atoms with Crippen molar-refractivity contribution in [2.75, 3.05) is 0 Å². The lowest BCUT2D eigenvalue weighted by atomic mass is 9.82. The van der Waals surface area contributed by atoms with E-state index in [0.717, 1.165) is 0 Å². The minimum Gasteiger partial charge on any atom is -0.198 e. The Morgan fingerprint density at radius 2 is 1.25 bits per heavy atom. The van der Waals surface area contributed by atoms with Gasteiger partial charge in [-0.3, -0.25) is 0 Å². The fraction of sp³-hybridized carbons (Fsp3) is 0.789. The number of hydrogen-bond acceptors (Lipinski definition) is 2. The van der Waals surface area contributed by atoms with Gasteiger partial charge in [0.25, 0.3) is 0 Å². The Kier molecular flexibility index (Phi) is 4.92. The summed E-state index contributed by atoms with van der Waals surface area (Å²) in [4.78, 5) is -0.176. The molecule has 3 aliphatic rings. The largest absolute Gasteiger partial charge is 0.198 e. The van der Waals surface area contributed by atoms with Crippen LogP contribution >= 0.6 is 24.3 Å². The standard InChI is InChI=1S/C19H29N2P3/c1-16(2,3)14-22-19(18(7,8)9)12(10-20)13(11-21)24(14)15(23-19)17(4,5)6/h12-13H,1-9H3/t12-,13-,19?,24?/m1/s1. The van der Waals surface area contributed by atoms with Crippen LogP contribution in [0.15, 0.2) is 0 Å². The molecule has 24 heavy (non-hydrogen) atoms. The van der Waals surface area contributed by atoms with Crippen LogP contribution < -0.4 is 0 Å². The number of rotatable bonds is 0. The molecule has 5 heteroatoms. The summed E-state index contributed by atoms with van der Waals surface area (Å²) in [5, 5.41) is 23.1. The average Bonchev–Trinajstić information content (AvgIpc) is 2.42. The fourth-order valence-corrected chi connectivity index (χ4v) is 13.9. The van der Waals surface area contributed by atoms with Crippen LogP contribution in [0.25, 0.3) is 0 Å². The maximum atomic E-state index is 10.0. The van der Waals surface area contributed by atoms with Crippen LogP contribution in [0.1, 0.15) is 62.3 Å². The molecule has 2 atom stereocenters. The van der Waals surface area contributed by atoms with Crippen LogP contribution in [0.4, 0.5) is 0 Å². The first-order valence-corrected chi connectivity index (χ1v) is 11.7. The molecular weight excluding hydrogens is 349 g/mol. The van der Waals surface area contributed by atoms with E-state index in [4.69, 9.17) is 0 Å². The Hall–Kier alpha value is -0.250. The summed E-state index contributed by atoms with van der Waals surface area (Å²) in [5.41, 5.74) is -0.0343. The minimum atomic E-state index is -0.669. The summed E-state index contributed by atoms with van der Waals surface area (Å²) in [6.45, 7) is 20.4. The van der Waals surface area contributed by atoms with Crippen LogP contribution in [0, 0.1) is 44.8 Å². The summed E-state index contributed by atoms with van der Waals surface area (Å²) in [7, 11) is 1.97. The van der Waals surface area contributed by atoms with Crippen molar-refractivity contribution >= 4 is 34.4 Å². The van der Waals surface area contributed by atoms with Gasteiger partial charge in [-0.15, -0.1) is 0 Å². The maximum Gasteiger partial charge on any atom is 0.0920 e. The molecule has 2 nitrogen and oxygen atoms in total. The SMILES string of the molecule is CC(C)(C)C1=PC2(C(C)(C)C)P=C(C(C)(C)C)P1[C@H](C#N)[C@H]2C#N. The molecule has 0 aromatic rings. The fourth-order valence-electron chi connectivity index (χ4n) is 3.48. The van der Waals surface area contributed by atoms with E-state index in [9.17, 15) is 10.5 Å². The molecule has 0 aromatic heterocycles. The van der Waals surface area contributed by atoms with Crippen molar-refractivity contribution in [3.63, 3.8) is 0 Å². The van der Waals surface area contributed by atoms with Crippen LogP contribution in [0.3, 0.4) is 0 Å². The van der Waals surface area contributed by atoms with Crippen molar-refractivity contribution < 1.29 is 0 Å². The highest BCUT2D eigenvalue weighted by Crippen LogP contribution is 2.76. The molecule has 3 heterocycles.